The number of aryl methyl sites for hydroxylation is 1. The third-order valence-corrected chi connectivity index (χ3v) is 1.29. The van der Waals surface area contributed by atoms with E-state index in [1.54, 1.807) is 10.9 Å². The molecular formula is C8H10N2O. The molecule has 0 aromatic carbocycles. The molecule has 3 heteroatoms. The third-order valence-electron chi connectivity index (χ3n) is 1.29. The zero-order valence-electron chi connectivity index (χ0n) is 6.61. The van der Waals surface area contributed by atoms with Gasteiger partial charge in [-0.05, 0) is 18.1 Å². The first-order chi connectivity index (χ1) is 5.20. The highest BCUT2D eigenvalue weighted by atomic mass is 16.3. The predicted molar refractivity (Wildman–Crippen MR) is 39.9 cm³/mol. The van der Waals surface area contributed by atoms with Crippen LogP contribution < -0.4 is 9.78 Å². The molecule has 1 rings (SSSR count). The summed E-state index contributed by atoms with van der Waals surface area (Å²) in [5, 5.41) is 14.3. The summed E-state index contributed by atoms with van der Waals surface area (Å²) >= 11 is 0. The lowest BCUT2D eigenvalue weighted by Crippen LogP contribution is -2.34. The Bertz CT molecular complexity index is 277. The van der Waals surface area contributed by atoms with Gasteiger partial charge in [-0.2, -0.15) is 0 Å². The SMILES string of the molecule is C/C([O-])=N/[n+]1ccccc1C. The van der Waals surface area contributed by atoms with Crippen LogP contribution in [0.4, 0.5) is 0 Å². The Balaban J connectivity index is 3.04. The molecule has 0 unspecified atom stereocenters. The van der Waals surface area contributed by atoms with Gasteiger partial charge in [-0.15, -0.1) is 0 Å². The van der Waals surface area contributed by atoms with Gasteiger partial charge in [-0.1, -0.05) is 4.68 Å². The van der Waals surface area contributed by atoms with Gasteiger partial charge in [0.25, 0.3) is 0 Å². The molecule has 0 amide bonds. The zero-order valence-corrected chi connectivity index (χ0v) is 6.61. The molecule has 0 aliphatic heterocycles. The van der Waals surface area contributed by atoms with Crippen LogP contribution in [0.15, 0.2) is 29.5 Å². The topological polar surface area (TPSA) is 39.3 Å². The van der Waals surface area contributed by atoms with Crippen molar-refractivity contribution in [2.24, 2.45) is 5.10 Å². The minimum Gasteiger partial charge on any atom is -0.858 e. The second-order valence-electron chi connectivity index (χ2n) is 2.31. The highest BCUT2D eigenvalue weighted by Crippen LogP contribution is 1.86. The van der Waals surface area contributed by atoms with Gasteiger partial charge in [-0.3, -0.25) is 0 Å². The number of nitrogens with zero attached hydrogens (tertiary/aromatic N) is 2. The Morgan fingerprint density at radius 2 is 2.27 bits per heavy atom. The minimum atomic E-state index is -0.190. The van der Waals surface area contributed by atoms with Gasteiger partial charge >= 0.3 is 0 Å². The normalized spacial score (nSPS) is 11.6. The molecule has 11 heavy (non-hydrogen) atoms. The third kappa shape index (κ3) is 2.04. The maximum atomic E-state index is 10.6. The van der Waals surface area contributed by atoms with Crippen molar-refractivity contribution in [3.05, 3.63) is 30.1 Å². The highest BCUT2D eigenvalue weighted by Gasteiger charge is 1.99. The Kier molecular flexibility index (Phi) is 2.21. The second kappa shape index (κ2) is 3.14. The van der Waals surface area contributed by atoms with Crippen LogP contribution in [0.1, 0.15) is 12.6 Å². The van der Waals surface area contributed by atoms with E-state index < -0.39 is 0 Å². The van der Waals surface area contributed by atoms with Gasteiger partial charge in [0.1, 0.15) is 0 Å². The molecule has 0 N–H and O–H groups in total. The van der Waals surface area contributed by atoms with Crippen LogP contribution in [0.3, 0.4) is 0 Å². The Hall–Kier alpha value is -1.38. The molecule has 0 aliphatic carbocycles. The van der Waals surface area contributed by atoms with Gasteiger partial charge in [0.2, 0.25) is 11.9 Å². The molecule has 58 valence electrons. The van der Waals surface area contributed by atoms with Crippen LogP contribution in [-0.2, 0) is 0 Å². The van der Waals surface area contributed by atoms with Crippen LogP contribution in [0.25, 0.3) is 0 Å². The predicted octanol–water partition coefficient (Wildman–Crippen LogP) is -0.176. The number of aromatic nitrogens is 1. The molecule has 3 nitrogen and oxygen atoms in total. The number of hydrogen-bond acceptors (Lipinski definition) is 2. The van der Waals surface area contributed by atoms with Crippen molar-refractivity contribution in [2.45, 2.75) is 13.8 Å². The maximum Gasteiger partial charge on any atom is 0.211 e. The first-order valence-corrected chi connectivity index (χ1v) is 3.40. The Labute approximate surface area is 65.6 Å². The van der Waals surface area contributed by atoms with E-state index in [-0.39, 0.29) is 5.90 Å². The summed E-state index contributed by atoms with van der Waals surface area (Å²) in [6.07, 6.45) is 1.75. The fourth-order valence-electron chi connectivity index (χ4n) is 0.784. The van der Waals surface area contributed by atoms with Crippen molar-refractivity contribution in [2.75, 3.05) is 0 Å². The average Bonchev–Trinajstić information content (AvgIpc) is 1.93. The van der Waals surface area contributed by atoms with Gasteiger partial charge in [0, 0.05) is 25.0 Å². The Morgan fingerprint density at radius 1 is 1.55 bits per heavy atom. The average molecular weight is 150 g/mol. The Morgan fingerprint density at radius 3 is 2.82 bits per heavy atom. The van der Waals surface area contributed by atoms with Crippen molar-refractivity contribution in [1.29, 1.82) is 0 Å². The molecule has 1 aromatic rings. The first-order valence-electron chi connectivity index (χ1n) is 3.40. The molecule has 0 radical (unpaired) electrons. The monoisotopic (exact) mass is 150 g/mol. The molecule has 0 saturated heterocycles. The van der Waals surface area contributed by atoms with Crippen LogP contribution in [0.2, 0.25) is 0 Å². The van der Waals surface area contributed by atoms with Crippen molar-refractivity contribution < 1.29 is 9.78 Å². The number of hydrogen-bond donors (Lipinski definition) is 0. The van der Waals surface area contributed by atoms with E-state index in [1.165, 1.54) is 6.92 Å². The summed E-state index contributed by atoms with van der Waals surface area (Å²) in [6.45, 7) is 3.33. The molecule has 1 aromatic heterocycles. The molecule has 0 saturated carbocycles. The molecule has 0 spiro atoms. The van der Waals surface area contributed by atoms with E-state index in [0.29, 0.717) is 0 Å². The molecule has 0 fully saturated rings. The lowest BCUT2D eigenvalue weighted by Gasteiger charge is -1.96. The van der Waals surface area contributed by atoms with Gasteiger partial charge in [0.05, 0.1) is 0 Å². The van der Waals surface area contributed by atoms with Crippen molar-refractivity contribution in [1.82, 2.24) is 0 Å². The van der Waals surface area contributed by atoms with Gasteiger partial charge < -0.3 is 5.11 Å². The lowest BCUT2D eigenvalue weighted by molar-refractivity contribution is -0.687. The fourth-order valence-corrected chi connectivity index (χ4v) is 0.784. The lowest BCUT2D eigenvalue weighted by atomic mass is 10.4. The fraction of sp³-hybridized carbons (Fsp3) is 0.250. The maximum absolute atomic E-state index is 10.6. The van der Waals surface area contributed by atoms with Crippen LogP contribution in [-0.4, -0.2) is 5.90 Å². The van der Waals surface area contributed by atoms with Crippen molar-refractivity contribution in [3.63, 3.8) is 0 Å². The molecule has 1 heterocycles. The highest BCUT2D eigenvalue weighted by molar-refractivity contribution is 5.67. The van der Waals surface area contributed by atoms with Crippen LogP contribution in [0.5, 0.6) is 0 Å². The van der Waals surface area contributed by atoms with Crippen molar-refractivity contribution in [3.8, 4) is 0 Å². The summed E-state index contributed by atoms with van der Waals surface area (Å²) in [5.74, 6) is -0.190. The first kappa shape index (κ1) is 7.72. The molecule has 0 aliphatic rings. The van der Waals surface area contributed by atoms with Crippen LogP contribution in [0, 0.1) is 6.92 Å². The summed E-state index contributed by atoms with van der Waals surface area (Å²) in [6, 6.07) is 5.63. The summed E-state index contributed by atoms with van der Waals surface area (Å²) in [7, 11) is 0. The minimum absolute atomic E-state index is 0.190. The summed E-state index contributed by atoms with van der Waals surface area (Å²) in [4.78, 5) is 0. The molecule has 0 atom stereocenters. The smallest absolute Gasteiger partial charge is 0.211 e. The van der Waals surface area contributed by atoms with Crippen LogP contribution >= 0.6 is 0 Å². The second-order valence-corrected chi connectivity index (χ2v) is 2.31. The summed E-state index contributed by atoms with van der Waals surface area (Å²) in [5.41, 5.74) is 0.947. The molecular weight excluding hydrogens is 140 g/mol. The van der Waals surface area contributed by atoms with Gasteiger partial charge in [-0.25, -0.2) is 0 Å². The van der Waals surface area contributed by atoms with E-state index in [1.807, 2.05) is 25.1 Å². The van der Waals surface area contributed by atoms with Gasteiger partial charge in [0.15, 0.2) is 0 Å². The van der Waals surface area contributed by atoms with E-state index in [9.17, 15) is 5.11 Å². The van der Waals surface area contributed by atoms with E-state index in [0.717, 1.165) is 5.69 Å². The van der Waals surface area contributed by atoms with Crippen molar-refractivity contribution >= 4 is 5.90 Å². The van der Waals surface area contributed by atoms with E-state index in [2.05, 4.69) is 5.10 Å². The quantitative estimate of drug-likeness (QED) is 0.311. The standard InChI is InChI=1S/C8H10N2O/c1-7-5-3-4-6-10(7)9-8(2)11/h3-6H,1-2H3. The van der Waals surface area contributed by atoms with E-state index >= 15 is 0 Å². The zero-order chi connectivity index (χ0) is 8.27. The van der Waals surface area contributed by atoms with E-state index in [4.69, 9.17) is 0 Å². The summed E-state index contributed by atoms with van der Waals surface area (Å²) < 4.78 is 1.56. The molecule has 0 bridgehead atoms. The largest absolute Gasteiger partial charge is 0.858 e. The number of rotatable bonds is 1. The number of pyridine rings is 1.